The molecule has 0 aromatic heterocycles. The first kappa shape index (κ1) is 9.49. The summed E-state index contributed by atoms with van der Waals surface area (Å²) < 4.78 is 22.0. The van der Waals surface area contributed by atoms with E-state index in [0.717, 1.165) is 6.42 Å². The minimum absolute atomic E-state index is 0.211. The van der Waals surface area contributed by atoms with E-state index in [1.54, 1.807) is 0 Å². The van der Waals surface area contributed by atoms with Crippen molar-refractivity contribution in [2.45, 2.75) is 6.42 Å². The maximum absolute atomic E-state index is 11.0. The van der Waals surface area contributed by atoms with E-state index in [-0.39, 0.29) is 11.7 Å². The van der Waals surface area contributed by atoms with Crippen LogP contribution < -0.4 is 5.32 Å². The van der Waals surface area contributed by atoms with Crippen molar-refractivity contribution in [3.63, 3.8) is 0 Å². The van der Waals surface area contributed by atoms with Crippen LogP contribution in [0.3, 0.4) is 0 Å². The Balaban J connectivity index is 2.25. The van der Waals surface area contributed by atoms with Gasteiger partial charge >= 0.3 is 0 Å². The standard InChI is InChI=1S/C7H12N2O2S/c8-2-3-9-5-7-1-4-12(10,11)6-7/h7,9H,1,3-6H2. The lowest BCUT2D eigenvalue weighted by atomic mass is 10.1. The normalized spacial score (nSPS) is 26.8. The average Bonchev–Trinajstić information content (AvgIpc) is 2.31. The highest BCUT2D eigenvalue weighted by Crippen LogP contribution is 2.16. The summed E-state index contributed by atoms with van der Waals surface area (Å²) in [5.74, 6) is 0.806. The molecule has 68 valence electrons. The number of nitrogens with one attached hydrogen (secondary N) is 1. The van der Waals surface area contributed by atoms with Gasteiger partial charge in [-0.15, -0.1) is 0 Å². The maximum atomic E-state index is 11.0. The number of nitrogens with zero attached hydrogens (tertiary/aromatic N) is 1. The lowest BCUT2D eigenvalue weighted by Gasteiger charge is -2.05. The molecule has 1 rings (SSSR count). The number of hydrogen-bond acceptors (Lipinski definition) is 4. The van der Waals surface area contributed by atoms with Crippen molar-refractivity contribution >= 4 is 9.84 Å². The highest BCUT2D eigenvalue weighted by Gasteiger charge is 2.27. The van der Waals surface area contributed by atoms with Gasteiger partial charge in [-0.3, -0.25) is 0 Å². The van der Waals surface area contributed by atoms with Crippen molar-refractivity contribution in [2.24, 2.45) is 5.92 Å². The van der Waals surface area contributed by atoms with Gasteiger partial charge in [-0.25, -0.2) is 8.42 Å². The average molecular weight is 188 g/mol. The van der Waals surface area contributed by atoms with E-state index in [1.807, 2.05) is 6.07 Å². The van der Waals surface area contributed by atoms with Gasteiger partial charge in [0.15, 0.2) is 9.84 Å². The van der Waals surface area contributed by atoms with Gasteiger partial charge in [-0.05, 0) is 18.9 Å². The molecule has 0 bridgehead atoms. The molecule has 4 nitrogen and oxygen atoms in total. The van der Waals surface area contributed by atoms with Crippen molar-refractivity contribution in [3.8, 4) is 6.07 Å². The molecule has 1 atom stereocenters. The van der Waals surface area contributed by atoms with Crippen LogP contribution in [0.25, 0.3) is 0 Å². The number of sulfone groups is 1. The SMILES string of the molecule is N#CCNCC1CCS(=O)(=O)C1. The van der Waals surface area contributed by atoms with E-state index >= 15 is 0 Å². The third kappa shape index (κ3) is 2.80. The third-order valence-electron chi connectivity index (χ3n) is 1.96. The molecule has 1 aliphatic rings. The van der Waals surface area contributed by atoms with Gasteiger partial charge in [0.1, 0.15) is 0 Å². The van der Waals surface area contributed by atoms with Crippen LogP contribution in [0.1, 0.15) is 6.42 Å². The number of hydrogen-bond donors (Lipinski definition) is 1. The van der Waals surface area contributed by atoms with Crippen LogP contribution in [-0.2, 0) is 9.84 Å². The molecule has 0 aliphatic carbocycles. The van der Waals surface area contributed by atoms with Crippen LogP contribution >= 0.6 is 0 Å². The molecule has 1 heterocycles. The molecule has 1 saturated heterocycles. The van der Waals surface area contributed by atoms with Gasteiger partial charge in [0.2, 0.25) is 0 Å². The molecule has 12 heavy (non-hydrogen) atoms. The van der Waals surface area contributed by atoms with Crippen LogP contribution in [0.2, 0.25) is 0 Å². The van der Waals surface area contributed by atoms with Gasteiger partial charge in [-0.1, -0.05) is 0 Å². The fourth-order valence-corrected chi connectivity index (χ4v) is 3.23. The smallest absolute Gasteiger partial charge is 0.150 e. The van der Waals surface area contributed by atoms with Crippen molar-refractivity contribution in [3.05, 3.63) is 0 Å². The molecule has 0 aromatic rings. The largest absolute Gasteiger partial charge is 0.304 e. The second kappa shape index (κ2) is 3.87. The zero-order chi connectivity index (χ0) is 9.03. The first-order valence-corrected chi connectivity index (χ1v) is 5.74. The summed E-state index contributed by atoms with van der Waals surface area (Å²) in [5.41, 5.74) is 0. The van der Waals surface area contributed by atoms with Crippen LogP contribution in [0.5, 0.6) is 0 Å². The number of rotatable bonds is 3. The van der Waals surface area contributed by atoms with Gasteiger partial charge in [0.25, 0.3) is 0 Å². The summed E-state index contributed by atoms with van der Waals surface area (Å²) in [5, 5.41) is 11.1. The molecular weight excluding hydrogens is 176 g/mol. The Morgan fingerprint density at radius 3 is 2.83 bits per heavy atom. The third-order valence-corrected chi connectivity index (χ3v) is 3.80. The lowest BCUT2D eigenvalue weighted by Crippen LogP contribution is -2.23. The van der Waals surface area contributed by atoms with Gasteiger partial charge in [0.05, 0.1) is 24.1 Å². The highest BCUT2D eigenvalue weighted by atomic mass is 32.2. The summed E-state index contributed by atoms with van der Waals surface area (Å²) in [7, 11) is -2.76. The molecule has 0 radical (unpaired) electrons. The fourth-order valence-electron chi connectivity index (χ4n) is 1.37. The molecule has 0 amide bonds. The Morgan fingerprint density at radius 2 is 2.33 bits per heavy atom. The second-order valence-corrected chi connectivity index (χ2v) is 5.29. The fraction of sp³-hybridized carbons (Fsp3) is 0.857. The van der Waals surface area contributed by atoms with Gasteiger partial charge in [0, 0.05) is 0 Å². The van der Waals surface area contributed by atoms with E-state index in [9.17, 15) is 8.42 Å². The predicted octanol–water partition coefficient (Wildman–Crippen LogP) is -0.466. The minimum Gasteiger partial charge on any atom is -0.304 e. The Bertz CT molecular complexity index is 278. The molecule has 1 fully saturated rings. The molecule has 0 saturated carbocycles. The quantitative estimate of drug-likeness (QED) is 0.480. The Labute approximate surface area is 72.5 Å². The molecule has 5 heteroatoms. The van der Waals surface area contributed by atoms with Crippen LogP contribution in [0.4, 0.5) is 0 Å². The van der Waals surface area contributed by atoms with Crippen LogP contribution in [0, 0.1) is 17.2 Å². The van der Waals surface area contributed by atoms with Crippen molar-refractivity contribution < 1.29 is 8.42 Å². The zero-order valence-electron chi connectivity index (χ0n) is 6.78. The van der Waals surface area contributed by atoms with E-state index in [4.69, 9.17) is 5.26 Å². The first-order chi connectivity index (χ1) is 5.64. The van der Waals surface area contributed by atoms with Gasteiger partial charge < -0.3 is 5.32 Å². The second-order valence-electron chi connectivity index (χ2n) is 3.06. The minimum atomic E-state index is -2.76. The van der Waals surface area contributed by atoms with Crippen molar-refractivity contribution in [1.82, 2.24) is 5.32 Å². The molecule has 0 spiro atoms. The van der Waals surface area contributed by atoms with E-state index in [0.29, 0.717) is 18.8 Å². The van der Waals surface area contributed by atoms with Crippen LogP contribution in [0.15, 0.2) is 0 Å². The molecule has 1 aliphatic heterocycles. The Kier molecular flexibility index (Phi) is 3.06. The summed E-state index contributed by atoms with van der Waals surface area (Å²) in [6, 6.07) is 1.95. The van der Waals surface area contributed by atoms with Crippen molar-refractivity contribution in [1.29, 1.82) is 5.26 Å². The summed E-state index contributed by atoms with van der Waals surface area (Å²) in [6.07, 6.45) is 0.737. The van der Waals surface area contributed by atoms with E-state index in [1.165, 1.54) is 0 Å². The molecular formula is C7H12N2O2S. The highest BCUT2D eigenvalue weighted by molar-refractivity contribution is 7.91. The zero-order valence-corrected chi connectivity index (χ0v) is 7.60. The van der Waals surface area contributed by atoms with Gasteiger partial charge in [-0.2, -0.15) is 5.26 Å². The lowest BCUT2D eigenvalue weighted by molar-refractivity contribution is 0.541. The molecule has 1 unspecified atom stereocenters. The monoisotopic (exact) mass is 188 g/mol. The van der Waals surface area contributed by atoms with Crippen molar-refractivity contribution in [2.75, 3.05) is 24.6 Å². The summed E-state index contributed by atoms with van der Waals surface area (Å²) in [6.45, 7) is 0.948. The Hall–Kier alpha value is -0.600. The molecule has 1 N–H and O–H groups in total. The molecule has 0 aromatic carbocycles. The predicted molar refractivity (Wildman–Crippen MR) is 45.2 cm³/mol. The summed E-state index contributed by atoms with van der Waals surface area (Å²) in [4.78, 5) is 0. The Morgan fingerprint density at radius 1 is 1.58 bits per heavy atom. The van der Waals surface area contributed by atoms with Crippen LogP contribution in [-0.4, -0.2) is 33.0 Å². The maximum Gasteiger partial charge on any atom is 0.150 e. The summed E-state index contributed by atoms with van der Waals surface area (Å²) >= 11 is 0. The van der Waals surface area contributed by atoms with E-state index < -0.39 is 9.84 Å². The first-order valence-electron chi connectivity index (χ1n) is 3.92. The number of nitriles is 1. The topological polar surface area (TPSA) is 70.0 Å². The van der Waals surface area contributed by atoms with E-state index in [2.05, 4.69) is 5.32 Å².